The fourth-order valence-electron chi connectivity index (χ4n) is 1.38. The zero-order valence-corrected chi connectivity index (χ0v) is 7.40. The smallest absolute Gasteiger partial charge is 0.0651 e. The molecule has 0 fully saturated rings. The van der Waals surface area contributed by atoms with Crippen LogP contribution in [0.2, 0.25) is 0 Å². The molecule has 0 unspecified atom stereocenters. The van der Waals surface area contributed by atoms with Crippen LogP contribution in [0, 0.1) is 0 Å². The summed E-state index contributed by atoms with van der Waals surface area (Å²) in [5, 5.41) is 0. The molecule has 0 saturated heterocycles. The maximum atomic E-state index is 5.53. The molecule has 1 aromatic carbocycles. The van der Waals surface area contributed by atoms with Gasteiger partial charge in [-0.3, -0.25) is 4.99 Å². The second-order valence-corrected chi connectivity index (χ2v) is 3.07. The van der Waals surface area contributed by atoms with Crippen LogP contribution in [0.15, 0.2) is 47.0 Å². The molecule has 0 bridgehead atoms. The first-order valence-electron chi connectivity index (χ1n) is 4.39. The highest BCUT2D eigenvalue weighted by Crippen LogP contribution is 2.10. The van der Waals surface area contributed by atoms with Crippen molar-refractivity contribution in [2.24, 2.45) is 10.7 Å². The molecule has 2 N–H and O–H groups in total. The number of rotatable bonds is 2. The van der Waals surface area contributed by atoms with E-state index in [1.807, 2.05) is 18.2 Å². The second kappa shape index (κ2) is 3.54. The normalized spacial score (nSPS) is 15.5. The first-order chi connectivity index (χ1) is 6.40. The molecule has 0 atom stereocenters. The summed E-state index contributed by atoms with van der Waals surface area (Å²) < 4.78 is 0. The van der Waals surface area contributed by atoms with Gasteiger partial charge >= 0.3 is 0 Å². The molecule has 0 spiro atoms. The van der Waals surface area contributed by atoms with E-state index < -0.39 is 0 Å². The zero-order chi connectivity index (χ0) is 9.10. The van der Waals surface area contributed by atoms with Crippen molar-refractivity contribution >= 4 is 5.71 Å². The van der Waals surface area contributed by atoms with Gasteiger partial charge in [0.2, 0.25) is 0 Å². The van der Waals surface area contributed by atoms with Crippen LogP contribution in [0.25, 0.3) is 0 Å². The average Bonchev–Trinajstić information content (AvgIpc) is 2.67. The van der Waals surface area contributed by atoms with Gasteiger partial charge < -0.3 is 5.73 Å². The Morgan fingerprint density at radius 3 is 2.62 bits per heavy atom. The average molecular weight is 172 g/mol. The predicted molar refractivity (Wildman–Crippen MR) is 55.0 cm³/mol. The van der Waals surface area contributed by atoms with Gasteiger partial charge in [0.25, 0.3) is 0 Å². The molecule has 1 aromatic rings. The van der Waals surface area contributed by atoms with Crippen LogP contribution in [0.3, 0.4) is 0 Å². The molecule has 0 aliphatic carbocycles. The van der Waals surface area contributed by atoms with Gasteiger partial charge in [-0.05, 0) is 17.2 Å². The van der Waals surface area contributed by atoms with E-state index in [0.717, 1.165) is 12.3 Å². The molecular formula is C11H12N2. The minimum absolute atomic E-state index is 0.611. The third kappa shape index (κ3) is 1.68. The topological polar surface area (TPSA) is 38.4 Å². The highest BCUT2D eigenvalue weighted by molar-refractivity contribution is 6.10. The van der Waals surface area contributed by atoms with Gasteiger partial charge in [0.05, 0.1) is 12.3 Å². The number of hydrogen-bond donors (Lipinski definition) is 1. The van der Waals surface area contributed by atoms with Gasteiger partial charge in [-0.15, -0.1) is 0 Å². The van der Waals surface area contributed by atoms with Crippen LogP contribution < -0.4 is 5.73 Å². The molecule has 66 valence electrons. The number of nitrogens with two attached hydrogens (primary N) is 1. The number of aliphatic imine (C=N–C) groups is 1. The lowest BCUT2D eigenvalue weighted by atomic mass is 10.1. The third-order valence-electron chi connectivity index (χ3n) is 2.13. The maximum absolute atomic E-state index is 5.53. The Balaban J connectivity index is 2.25. The Bertz CT molecular complexity index is 350. The number of nitrogens with zero attached hydrogens (tertiary/aromatic N) is 1. The van der Waals surface area contributed by atoms with E-state index in [1.165, 1.54) is 11.1 Å². The van der Waals surface area contributed by atoms with E-state index in [1.54, 1.807) is 0 Å². The summed E-state index contributed by atoms with van der Waals surface area (Å²) >= 11 is 0. The van der Waals surface area contributed by atoms with Crippen LogP contribution in [0.1, 0.15) is 5.56 Å². The summed E-state index contributed by atoms with van der Waals surface area (Å²) in [5.41, 5.74) is 8.97. The first kappa shape index (κ1) is 8.20. The zero-order valence-electron chi connectivity index (χ0n) is 7.40. The molecule has 2 rings (SSSR count). The molecule has 1 heterocycles. The first-order valence-corrected chi connectivity index (χ1v) is 4.39. The van der Waals surface area contributed by atoms with Crippen molar-refractivity contribution in [2.75, 3.05) is 13.1 Å². The van der Waals surface area contributed by atoms with Crippen molar-refractivity contribution in [2.45, 2.75) is 0 Å². The van der Waals surface area contributed by atoms with E-state index in [2.05, 4.69) is 23.2 Å². The van der Waals surface area contributed by atoms with E-state index in [0.29, 0.717) is 6.54 Å². The summed E-state index contributed by atoms with van der Waals surface area (Å²) in [5.74, 6) is 0. The minimum atomic E-state index is 0.611. The van der Waals surface area contributed by atoms with Crippen molar-refractivity contribution in [1.82, 2.24) is 0 Å². The van der Waals surface area contributed by atoms with Crippen molar-refractivity contribution in [3.05, 3.63) is 47.5 Å². The molecule has 2 nitrogen and oxygen atoms in total. The largest absolute Gasteiger partial charge is 0.327 e. The third-order valence-corrected chi connectivity index (χ3v) is 2.13. The Hall–Kier alpha value is -1.41. The van der Waals surface area contributed by atoms with Crippen LogP contribution >= 0.6 is 0 Å². The molecular weight excluding hydrogens is 160 g/mol. The summed E-state index contributed by atoms with van der Waals surface area (Å²) in [7, 11) is 0. The lowest BCUT2D eigenvalue weighted by molar-refractivity contribution is 1.06. The quantitative estimate of drug-likeness (QED) is 0.719. The minimum Gasteiger partial charge on any atom is -0.327 e. The monoisotopic (exact) mass is 172 g/mol. The number of allylic oxidation sites excluding steroid dienone is 1. The molecule has 1 aliphatic heterocycles. The highest BCUT2D eigenvalue weighted by Gasteiger charge is 2.07. The fraction of sp³-hybridized carbons (Fsp3) is 0.182. The summed E-state index contributed by atoms with van der Waals surface area (Å²) in [6.45, 7) is 1.38. The molecule has 13 heavy (non-hydrogen) atoms. The molecule has 0 saturated carbocycles. The molecule has 0 aromatic heterocycles. The van der Waals surface area contributed by atoms with Crippen molar-refractivity contribution < 1.29 is 0 Å². The molecule has 0 amide bonds. The second-order valence-electron chi connectivity index (χ2n) is 3.07. The van der Waals surface area contributed by atoms with Crippen molar-refractivity contribution in [3.63, 3.8) is 0 Å². The lowest BCUT2D eigenvalue weighted by Gasteiger charge is -1.95. The van der Waals surface area contributed by atoms with Crippen LogP contribution in [0.5, 0.6) is 0 Å². The van der Waals surface area contributed by atoms with E-state index in [9.17, 15) is 0 Å². The summed E-state index contributed by atoms with van der Waals surface area (Å²) in [6.07, 6.45) is 2.08. The van der Waals surface area contributed by atoms with E-state index >= 15 is 0 Å². The fourth-order valence-corrected chi connectivity index (χ4v) is 1.38. The summed E-state index contributed by atoms with van der Waals surface area (Å²) in [6, 6.07) is 10.2. The Morgan fingerprint density at radius 1 is 1.23 bits per heavy atom. The Kier molecular flexibility index (Phi) is 2.23. The van der Waals surface area contributed by atoms with Crippen LogP contribution in [-0.4, -0.2) is 18.8 Å². The molecule has 2 heteroatoms. The van der Waals surface area contributed by atoms with Crippen molar-refractivity contribution in [3.8, 4) is 0 Å². The van der Waals surface area contributed by atoms with Gasteiger partial charge in [0, 0.05) is 6.54 Å². The molecule has 0 radical (unpaired) electrons. The SMILES string of the molecule is NCC1=CC(c2ccccc2)=NC1. The van der Waals surface area contributed by atoms with Crippen molar-refractivity contribution in [1.29, 1.82) is 0 Å². The van der Waals surface area contributed by atoms with Gasteiger partial charge in [-0.1, -0.05) is 30.3 Å². The number of hydrogen-bond acceptors (Lipinski definition) is 2. The Morgan fingerprint density at radius 2 is 2.00 bits per heavy atom. The molecule has 1 aliphatic rings. The number of benzene rings is 1. The van der Waals surface area contributed by atoms with E-state index in [4.69, 9.17) is 5.73 Å². The van der Waals surface area contributed by atoms with Gasteiger partial charge in [-0.25, -0.2) is 0 Å². The highest BCUT2D eigenvalue weighted by atomic mass is 14.8. The van der Waals surface area contributed by atoms with Gasteiger partial charge in [0.1, 0.15) is 0 Å². The van der Waals surface area contributed by atoms with Gasteiger partial charge in [0.15, 0.2) is 0 Å². The maximum Gasteiger partial charge on any atom is 0.0651 e. The Labute approximate surface area is 77.8 Å². The standard InChI is InChI=1S/C11H12N2/c12-7-9-6-11(13-8-9)10-4-2-1-3-5-10/h1-6H,7-8,12H2. The van der Waals surface area contributed by atoms with E-state index in [-0.39, 0.29) is 0 Å². The van der Waals surface area contributed by atoms with Gasteiger partial charge in [-0.2, -0.15) is 0 Å². The van der Waals surface area contributed by atoms with Crippen LogP contribution in [-0.2, 0) is 0 Å². The predicted octanol–water partition coefficient (Wildman–Crippen LogP) is 1.37. The van der Waals surface area contributed by atoms with Crippen LogP contribution in [0.4, 0.5) is 0 Å². The lowest BCUT2D eigenvalue weighted by Crippen LogP contribution is -2.03. The summed E-state index contributed by atoms with van der Waals surface area (Å²) in [4.78, 5) is 4.40.